The zero-order valence-corrected chi connectivity index (χ0v) is 18.7. The Morgan fingerprint density at radius 2 is 1.68 bits per heavy atom. The summed E-state index contributed by atoms with van der Waals surface area (Å²) in [6.45, 7) is 10.1. The maximum Gasteiger partial charge on any atom is 0.285 e. The van der Waals surface area contributed by atoms with Gasteiger partial charge in [0, 0.05) is 51.4 Å². The number of likely N-dealkylation sites (N-methyl/N-ethyl adjacent to an activating group) is 1. The maximum atomic E-state index is 13.6. The molecule has 3 nitrogen and oxygen atoms in total. The summed E-state index contributed by atoms with van der Waals surface area (Å²) in [6.07, 6.45) is 5.96. The van der Waals surface area contributed by atoms with Gasteiger partial charge in [-0.3, -0.25) is 4.79 Å². The largest absolute Gasteiger partial charge is 0.314 e. The second kappa shape index (κ2) is 8.58. The van der Waals surface area contributed by atoms with E-state index in [4.69, 9.17) is 0 Å². The van der Waals surface area contributed by atoms with Crippen LogP contribution >= 0.6 is 0 Å². The molecule has 5 heteroatoms. The number of aryl methyl sites for hydroxylation is 2. The predicted molar refractivity (Wildman–Crippen MR) is 95.6 cm³/mol. The van der Waals surface area contributed by atoms with Gasteiger partial charge in [0.25, 0.3) is 5.91 Å². The van der Waals surface area contributed by atoms with E-state index in [9.17, 15) is 9.18 Å². The van der Waals surface area contributed by atoms with Crippen molar-refractivity contribution in [2.45, 2.75) is 58.9 Å². The van der Waals surface area contributed by atoms with Crippen LogP contribution in [0.1, 0.15) is 50.2 Å². The number of likely N-dealkylation sites (tertiary alicyclic amines) is 1. The number of carbonyl (C=O) groups is 1. The first-order chi connectivity index (χ1) is 11.5. The van der Waals surface area contributed by atoms with Crippen LogP contribution in [0.25, 0.3) is 0 Å². The van der Waals surface area contributed by atoms with E-state index in [2.05, 4.69) is 6.92 Å². The van der Waals surface area contributed by atoms with Gasteiger partial charge in [-0.25, -0.2) is 4.39 Å². The minimum atomic E-state index is -0.221. The van der Waals surface area contributed by atoms with Crippen molar-refractivity contribution < 1.29 is 46.4 Å². The van der Waals surface area contributed by atoms with Gasteiger partial charge < -0.3 is 9.38 Å². The monoisotopic (exact) mass is 422 g/mol. The fourth-order valence-corrected chi connectivity index (χ4v) is 4.89. The van der Waals surface area contributed by atoms with Gasteiger partial charge in [-0.2, -0.15) is 0 Å². The van der Waals surface area contributed by atoms with Crippen molar-refractivity contribution in [2.75, 3.05) is 31.1 Å². The molecule has 0 N–H and O–H groups in total. The van der Waals surface area contributed by atoms with Crippen LogP contribution in [-0.2, 0) is 37.5 Å². The molecular weight excluding hydrogens is 392 g/mol. The number of benzene rings is 1. The molecule has 1 atom stereocenters. The summed E-state index contributed by atoms with van der Waals surface area (Å²) in [5.74, 6) is 0.0260. The molecule has 25 heavy (non-hydrogen) atoms. The van der Waals surface area contributed by atoms with Crippen LogP contribution in [0.4, 0.5) is 10.1 Å². The van der Waals surface area contributed by atoms with Crippen LogP contribution < -0.4 is 4.90 Å². The summed E-state index contributed by atoms with van der Waals surface area (Å²) < 4.78 is 14.6. The number of anilines is 1. The molecule has 2 heterocycles. The number of halogens is 1. The van der Waals surface area contributed by atoms with Crippen LogP contribution in [0.5, 0.6) is 0 Å². The number of carbonyl (C=O) groups excluding carboxylic acids is 1. The molecule has 135 valence electrons. The number of amides is 1. The Labute approximate surface area is 176 Å². The molecule has 0 saturated carbocycles. The molecule has 3 rings (SSSR count). The van der Waals surface area contributed by atoms with Crippen molar-refractivity contribution in [1.82, 2.24) is 0 Å². The molecule has 1 radical (unpaired) electrons. The molecule has 0 aliphatic carbocycles. The topological polar surface area (TPSA) is 20.3 Å². The van der Waals surface area contributed by atoms with Gasteiger partial charge in [-0.05, 0) is 69.7 Å². The average molecular weight is 422 g/mol. The second-order valence-electron chi connectivity index (χ2n) is 7.58. The molecule has 1 unspecified atom stereocenters. The number of hydrogen-bond donors (Lipinski definition) is 0. The molecule has 2 saturated heterocycles. The molecule has 0 aromatic heterocycles. The Bertz CT molecular complexity index is 603. The number of rotatable bonds is 3. The van der Waals surface area contributed by atoms with E-state index >= 15 is 0 Å². The van der Waals surface area contributed by atoms with Gasteiger partial charge in [-0.1, -0.05) is 0 Å². The van der Waals surface area contributed by atoms with E-state index < -0.39 is 0 Å². The average Bonchev–Trinajstić information content (AvgIpc) is 2.77. The van der Waals surface area contributed by atoms with E-state index in [1.54, 1.807) is 12.1 Å². The fourth-order valence-electron chi connectivity index (χ4n) is 4.89. The summed E-state index contributed by atoms with van der Waals surface area (Å²) in [5, 5.41) is 0. The molecule has 1 aromatic carbocycles. The smallest absolute Gasteiger partial charge is 0.285 e. The van der Waals surface area contributed by atoms with Crippen LogP contribution in [0.2, 0.25) is 0 Å². The summed E-state index contributed by atoms with van der Waals surface area (Å²) in [6, 6.07) is 3.16. The van der Waals surface area contributed by atoms with Crippen molar-refractivity contribution in [2.24, 2.45) is 0 Å². The van der Waals surface area contributed by atoms with Crippen molar-refractivity contribution in [3.63, 3.8) is 0 Å². The fraction of sp³-hybridized carbons (Fsp3) is 0.650. The Kier molecular flexibility index (Phi) is 7.21. The summed E-state index contributed by atoms with van der Waals surface area (Å²) >= 11 is 0. The van der Waals surface area contributed by atoms with Crippen molar-refractivity contribution in [3.05, 3.63) is 29.1 Å². The first kappa shape index (κ1) is 21.0. The van der Waals surface area contributed by atoms with Crippen molar-refractivity contribution >= 4 is 11.6 Å². The quantitative estimate of drug-likeness (QED) is 0.676. The first-order valence-corrected chi connectivity index (χ1v) is 9.42. The Morgan fingerprint density at radius 3 is 2.20 bits per heavy atom. The van der Waals surface area contributed by atoms with Gasteiger partial charge in [0.1, 0.15) is 5.82 Å². The summed E-state index contributed by atoms with van der Waals surface area (Å²) in [4.78, 5) is 15.2. The predicted octanol–water partition coefficient (Wildman–Crippen LogP) is 3.96. The zero-order chi connectivity index (χ0) is 17.3. The second-order valence-corrected chi connectivity index (χ2v) is 7.58. The van der Waals surface area contributed by atoms with Gasteiger partial charge in [0.05, 0.1) is 19.6 Å². The van der Waals surface area contributed by atoms with Crippen molar-refractivity contribution in [3.8, 4) is 0 Å². The number of quaternary nitrogens is 1. The third kappa shape index (κ3) is 4.01. The van der Waals surface area contributed by atoms with Crippen LogP contribution in [-0.4, -0.2) is 42.6 Å². The molecule has 2 aliphatic rings. The first-order valence-electron chi connectivity index (χ1n) is 9.42. The van der Waals surface area contributed by atoms with E-state index in [1.807, 2.05) is 18.7 Å². The zero-order valence-electron chi connectivity index (χ0n) is 15.9. The minimum Gasteiger partial charge on any atom is -0.314 e. The molecule has 2 aliphatic heterocycles. The normalized spacial score (nSPS) is 23.3. The molecule has 1 aromatic rings. The maximum absolute atomic E-state index is 13.6. The van der Waals surface area contributed by atoms with E-state index in [-0.39, 0.29) is 50.5 Å². The van der Waals surface area contributed by atoms with E-state index in [1.165, 1.54) is 25.7 Å². The van der Waals surface area contributed by atoms with Gasteiger partial charge in [0.2, 0.25) is 0 Å². The van der Waals surface area contributed by atoms with Gasteiger partial charge >= 0.3 is 0 Å². The Morgan fingerprint density at radius 1 is 1.12 bits per heavy atom. The Balaban J connectivity index is 0.00000225. The third-order valence-electron chi connectivity index (χ3n) is 6.15. The third-order valence-corrected chi connectivity index (χ3v) is 6.15. The van der Waals surface area contributed by atoms with Crippen LogP contribution in [0, 0.1) is 19.7 Å². The van der Waals surface area contributed by atoms with Gasteiger partial charge in [-0.15, -0.1) is 0 Å². The summed E-state index contributed by atoms with van der Waals surface area (Å²) in [5.41, 5.74) is 2.65. The molecular formula is C20H30FN2OY+. The summed E-state index contributed by atoms with van der Waals surface area (Å²) in [7, 11) is 0. The van der Waals surface area contributed by atoms with E-state index in [0.29, 0.717) is 0 Å². The molecule has 1 amide bonds. The van der Waals surface area contributed by atoms with Crippen molar-refractivity contribution in [1.29, 1.82) is 0 Å². The standard InChI is InChI=1S/C20H30FN2O.Y/c1-4-23(11-7-5-6-8-12-23)18-9-10-22(20(18)24)19-15(2)13-17(21)14-16(19)3;/h13-14,18H,4-12H2,1-3H3;/q+1;. The molecule has 0 spiro atoms. The van der Waals surface area contributed by atoms with Crippen LogP contribution in [0.3, 0.4) is 0 Å². The number of nitrogens with zero attached hydrogens (tertiary/aromatic N) is 2. The van der Waals surface area contributed by atoms with E-state index in [0.717, 1.165) is 53.9 Å². The van der Waals surface area contributed by atoms with Crippen LogP contribution in [0.15, 0.2) is 12.1 Å². The number of hydrogen-bond acceptors (Lipinski definition) is 1. The SMILES string of the molecule is CC[N+]1(C2CCN(c3c(C)cc(F)cc3C)C2=O)CCCCCC1.[Y]. The Hall–Kier alpha value is -0.316. The van der Waals surface area contributed by atoms with Gasteiger partial charge in [0.15, 0.2) is 6.04 Å². The molecule has 0 bridgehead atoms. The minimum absolute atomic E-state index is 0. The molecule has 2 fully saturated rings.